The van der Waals surface area contributed by atoms with E-state index in [0.717, 1.165) is 12.1 Å². The van der Waals surface area contributed by atoms with Gasteiger partial charge in [0.15, 0.2) is 5.78 Å². The van der Waals surface area contributed by atoms with Crippen LogP contribution in [-0.4, -0.2) is 22.6 Å². The predicted octanol–water partition coefficient (Wildman–Crippen LogP) is 3.83. The van der Waals surface area contributed by atoms with Crippen LogP contribution in [0.1, 0.15) is 26.7 Å². The Balaban J connectivity index is 2.25. The average molecular weight is 359 g/mol. The lowest BCUT2D eigenvalue weighted by molar-refractivity contribution is -0.134. The highest BCUT2D eigenvalue weighted by molar-refractivity contribution is 9.10. The van der Waals surface area contributed by atoms with Gasteiger partial charge in [0.25, 0.3) is 0 Å². The summed E-state index contributed by atoms with van der Waals surface area (Å²) in [4.78, 5) is 26.6. The molecule has 0 N–H and O–H groups in total. The number of hydrogen-bond acceptors (Lipinski definition) is 2. The maximum atomic E-state index is 12.6. The number of anilines is 1. The van der Waals surface area contributed by atoms with Crippen molar-refractivity contribution in [3.8, 4) is 0 Å². The molecule has 1 saturated heterocycles. The number of piperidine rings is 1. The SMILES string of the molecule is CC(C)(Br)C(=O)[C@@H]1CCCN(c2cccc(Cl)c2)C1=O. The molecule has 0 aromatic heterocycles. The van der Waals surface area contributed by atoms with Gasteiger partial charge in [-0.3, -0.25) is 9.59 Å². The van der Waals surface area contributed by atoms with Gasteiger partial charge in [-0.2, -0.15) is 0 Å². The molecule has 2 rings (SSSR count). The van der Waals surface area contributed by atoms with E-state index < -0.39 is 10.2 Å². The zero-order valence-electron chi connectivity index (χ0n) is 11.5. The van der Waals surface area contributed by atoms with Crippen molar-refractivity contribution in [3.63, 3.8) is 0 Å². The lowest BCUT2D eigenvalue weighted by Gasteiger charge is -2.33. The predicted molar refractivity (Wildman–Crippen MR) is 84.5 cm³/mol. The summed E-state index contributed by atoms with van der Waals surface area (Å²) in [6.07, 6.45) is 1.43. The third-order valence-electron chi connectivity index (χ3n) is 3.46. The second kappa shape index (κ2) is 5.86. The van der Waals surface area contributed by atoms with E-state index in [4.69, 9.17) is 11.6 Å². The molecular formula is C15H17BrClNO2. The highest BCUT2D eigenvalue weighted by atomic mass is 79.9. The molecular weight excluding hydrogens is 342 g/mol. The number of ketones is 1. The van der Waals surface area contributed by atoms with E-state index in [1.54, 1.807) is 30.9 Å². The fourth-order valence-corrected chi connectivity index (χ4v) is 2.89. The Morgan fingerprint density at radius 2 is 2.15 bits per heavy atom. The summed E-state index contributed by atoms with van der Waals surface area (Å²) >= 11 is 9.32. The maximum absolute atomic E-state index is 12.6. The number of rotatable bonds is 3. The fraction of sp³-hybridized carbons (Fsp3) is 0.467. The summed E-state index contributed by atoms with van der Waals surface area (Å²) < 4.78 is -0.676. The Kier molecular flexibility index (Phi) is 4.55. The standard InChI is InChI=1S/C15H17BrClNO2/c1-15(2,16)13(19)12-7-4-8-18(14(12)20)11-6-3-5-10(17)9-11/h3,5-6,9,12H,4,7-8H2,1-2H3/t12-/m0/s1. The number of alkyl halides is 1. The first-order chi connectivity index (χ1) is 9.30. The molecule has 1 aliphatic rings. The minimum absolute atomic E-state index is 0.0609. The van der Waals surface area contributed by atoms with Crippen molar-refractivity contribution in [1.82, 2.24) is 0 Å². The number of hydrogen-bond donors (Lipinski definition) is 0. The molecule has 0 spiro atoms. The van der Waals surface area contributed by atoms with Gasteiger partial charge in [0.05, 0.1) is 10.2 Å². The molecule has 1 atom stereocenters. The van der Waals surface area contributed by atoms with Crippen molar-refractivity contribution in [2.75, 3.05) is 11.4 Å². The molecule has 1 heterocycles. The molecule has 0 radical (unpaired) electrons. The van der Waals surface area contributed by atoms with Gasteiger partial charge in [-0.1, -0.05) is 33.6 Å². The maximum Gasteiger partial charge on any atom is 0.237 e. The molecule has 1 amide bonds. The number of carbonyl (C=O) groups is 2. The molecule has 3 nitrogen and oxygen atoms in total. The molecule has 1 aromatic rings. The minimum Gasteiger partial charge on any atom is -0.312 e. The molecule has 20 heavy (non-hydrogen) atoms. The van der Waals surface area contributed by atoms with Gasteiger partial charge in [-0.05, 0) is 44.9 Å². The van der Waals surface area contributed by atoms with E-state index in [2.05, 4.69) is 15.9 Å². The molecule has 1 aliphatic heterocycles. The molecule has 0 unspecified atom stereocenters. The van der Waals surface area contributed by atoms with Crippen LogP contribution in [-0.2, 0) is 9.59 Å². The zero-order valence-corrected chi connectivity index (χ0v) is 13.9. The summed E-state index contributed by atoms with van der Waals surface area (Å²) in [5.41, 5.74) is 0.757. The number of carbonyl (C=O) groups excluding carboxylic acids is 2. The van der Waals surface area contributed by atoms with E-state index in [0.29, 0.717) is 18.0 Å². The number of nitrogens with zero attached hydrogens (tertiary/aromatic N) is 1. The second-order valence-corrected chi connectivity index (χ2v) is 7.92. The van der Waals surface area contributed by atoms with Crippen molar-refractivity contribution >= 4 is 44.9 Å². The largest absolute Gasteiger partial charge is 0.312 e. The topological polar surface area (TPSA) is 37.4 Å². The number of Topliss-reactive ketones (excluding diaryl/α,β-unsaturated/α-hetero) is 1. The van der Waals surface area contributed by atoms with E-state index in [1.807, 2.05) is 12.1 Å². The summed E-state index contributed by atoms with van der Waals surface area (Å²) in [7, 11) is 0. The van der Waals surface area contributed by atoms with E-state index >= 15 is 0 Å². The van der Waals surface area contributed by atoms with Gasteiger partial charge < -0.3 is 4.90 Å². The van der Waals surface area contributed by atoms with Crippen molar-refractivity contribution in [1.29, 1.82) is 0 Å². The number of benzene rings is 1. The van der Waals surface area contributed by atoms with Crippen LogP contribution in [0, 0.1) is 5.92 Å². The highest BCUT2D eigenvalue weighted by Gasteiger charge is 2.40. The van der Waals surface area contributed by atoms with Crippen LogP contribution in [0.25, 0.3) is 0 Å². The fourth-order valence-electron chi connectivity index (χ4n) is 2.43. The molecule has 108 valence electrons. The van der Waals surface area contributed by atoms with Crippen molar-refractivity contribution in [2.45, 2.75) is 31.0 Å². The van der Waals surface area contributed by atoms with Crippen LogP contribution in [0.4, 0.5) is 5.69 Å². The monoisotopic (exact) mass is 357 g/mol. The highest BCUT2D eigenvalue weighted by Crippen LogP contribution is 2.31. The Morgan fingerprint density at radius 1 is 1.45 bits per heavy atom. The summed E-state index contributed by atoms with van der Waals surface area (Å²) in [6, 6.07) is 7.18. The normalized spacial score (nSPS) is 20.1. The second-order valence-electron chi connectivity index (χ2n) is 5.50. The van der Waals surface area contributed by atoms with Crippen LogP contribution >= 0.6 is 27.5 Å². The smallest absolute Gasteiger partial charge is 0.237 e. The Morgan fingerprint density at radius 3 is 2.75 bits per heavy atom. The first kappa shape index (κ1) is 15.5. The van der Waals surface area contributed by atoms with Crippen LogP contribution in [0.5, 0.6) is 0 Å². The van der Waals surface area contributed by atoms with Gasteiger partial charge in [-0.15, -0.1) is 0 Å². The molecule has 0 aliphatic carbocycles. The Bertz CT molecular complexity index is 539. The van der Waals surface area contributed by atoms with E-state index in [9.17, 15) is 9.59 Å². The quantitative estimate of drug-likeness (QED) is 0.608. The Labute approximate surface area is 132 Å². The molecule has 0 bridgehead atoms. The first-order valence-electron chi connectivity index (χ1n) is 6.61. The molecule has 5 heteroatoms. The van der Waals surface area contributed by atoms with Crippen LogP contribution in [0.3, 0.4) is 0 Å². The summed E-state index contributed by atoms with van der Waals surface area (Å²) in [5, 5.41) is 0.588. The third kappa shape index (κ3) is 3.23. The summed E-state index contributed by atoms with van der Waals surface area (Å²) in [5.74, 6) is -0.762. The van der Waals surface area contributed by atoms with Crippen molar-refractivity contribution in [2.24, 2.45) is 5.92 Å². The van der Waals surface area contributed by atoms with Crippen LogP contribution in [0.2, 0.25) is 5.02 Å². The van der Waals surface area contributed by atoms with Gasteiger partial charge in [0.2, 0.25) is 5.91 Å². The van der Waals surface area contributed by atoms with E-state index in [1.165, 1.54) is 0 Å². The molecule has 1 fully saturated rings. The van der Waals surface area contributed by atoms with Crippen molar-refractivity contribution < 1.29 is 9.59 Å². The third-order valence-corrected chi connectivity index (χ3v) is 4.09. The average Bonchev–Trinajstić information content (AvgIpc) is 2.37. The first-order valence-corrected chi connectivity index (χ1v) is 7.78. The Hall–Kier alpha value is -0.870. The molecule has 0 saturated carbocycles. The van der Waals surface area contributed by atoms with Gasteiger partial charge >= 0.3 is 0 Å². The van der Waals surface area contributed by atoms with Gasteiger partial charge in [0.1, 0.15) is 0 Å². The van der Waals surface area contributed by atoms with Gasteiger partial charge in [0, 0.05) is 17.3 Å². The summed E-state index contributed by atoms with van der Waals surface area (Å²) in [6.45, 7) is 4.19. The minimum atomic E-state index is -0.676. The lowest BCUT2D eigenvalue weighted by atomic mass is 9.87. The number of amides is 1. The lowest BCUT2D eigenvalue weighted by Crippen LogP contribution is -2.48. The zero-order chi connectivity index (χ0) is 14.9. The molecule has 1 aromatic carbocycles. The van der Waals surface area contributed by atoms with Gasteiger partial charge in [-0.25, -0.2) is 0 Å². The van der Waals surface area contributed by atoms with Crippen LogP contribution < -0.4 is 4.90 Å². The van der Waals surface area contributed by atoms with E-state index in [-0.39, 0.29) is 11.7 Å². The van der Waals surface area contributed by atoms with Crippen LogP contribution in [0.15, 0.2) is 24.3 Å². The number of halogens is 2. The van der Waals surface area contributed by atoms with Crippen molar-refractivity contribution in [3.05, 3.63) is 29.3 Å².